The summed E-state index contributed by atoms with van der Waals surface area (Å²) >= 11 is 3.43. The normalized spacial score (nSPS) is 10.4. The second-order valence-electron chi connectivity index (χ2n) is 2.94. The number of carbonyl (C=O) groups excluding carboxylic acids is 1. The summed E-state index contributed by atoms with van der Waals surface area (Å²) in [6.45, 7) is 0. The van der Waals surface area contributed by atoms with Gasteiger partial charge >= 0.3 is 0 Å². The first-order chi connectivity index (χ1) is 6.74. The summed E-state index contributed by atoms with van der Waals surface area (Å²) in [6, 6.07) is 5.61. The van der Waals surface area contributed by atoms with E-state index in [9.17, 15) is 4.79 Å². The van der Waals surface area contributed by atoms with Crippen molar-refractivity contribution < 1.29 is 4.79 Å². The zero-order valence-corrected chi connectivity index (χ0v) is 9.18. The molecule has 0 unspecified atom stereocenters. The molecule has 1 aromatic heterocycles. The lowest BCUT2D eigenvalue weighted by Crippen LogP contribution is -2.18. The Hall–Kier alpha value is -1.29. The largest absolute Gasteiger partial charge is 0.360 e. The molecule has 3 nitrogen and oxygen atoms in total. The molecule has 0 aliphatic carbocycles. The average molecular weight is 253 g/mol. The number of carbonyl (C=O) groups is 1. The number of fused-ring (bicyclic) bond motifs is 1. The molecule has 2 N–H and O–H groups in total. The van der Waals surface area contributed by atoms with Gasteiger partial charge in [0, 0.05) is 23.1 Å². The molecule has 1 heterocycles. The van der Waals surface area contributed by atoms with E-state index in [1.54, 1.807) is 13.1 Å². The number of nitrogens with one attached hydrogen (secondary N) is 2. The van der Waals surface area contributed by atoms with Crippen molar-refractivity contribution in [2.45, 2.75) is 0 Å². The van der Waals surface area contributed by atoms with Crippen LogP contribution in [-0.2, 0) is 0 Å². The third kappa shape index (κ3) is 1.32. The minimum absolute atomic E-state index is 0.0787. The van der Waals surface area contributed by atoms with Crippen LogP contribution < -0.4 is 5.32 Å². The van der Waals surface area contributed by atoms with E-state index < -0.39 is 0 Å². The Morgan fingerprint density at radius 3 is 2.93 bits per heavy atom. The zero-order valence-electron chi connectivity index (χ0n) is 7.60. The predicted molar refractivity (Wildman–Crippen MR) is 59.4 cm³/mol. The van der Waals surface area contributed by atoms with Crippen molar-refractivity contribution in [2.24, 2.45) is 0 Å². The standard InChI is InChI=1S/C10H9BrN2O/c1-12-10(14)7-2-3-8(11)6-4-5-13-9(6)7/h2-5,13H,1H3,(H,12,14). The molecule has 0 spiro atoms. The summed E-state index contributed by atoms with van der Waals surface area (Å²) in [5.74, 6) is -0.0787. The van der Waals surface area contributed by atoms with Crippen molar-refractivity contribution in [2.75, 3.05) is 7.05 Å². The maximum atomic E-state index is 11.5. The molecule has 0 saturated carbocycles. The fourth-order valence-electron chi connectivity index (χ4n) is 1.44. The van der Waals surface area contributed by atoms with Gasteiger partial charge in [0.25, 0.3) is 5.91 Å². The third-order valence-electron chi connectivity index (χ3n) is 2.14. The Labute approximate surface area is 89.6 Å². The number of H-pyrrole nitrogens is 1. The van der Waals surface area contributed by atoms with Gasteiger partial charge < -0.3 is 10.3 Å². The molecule has 14 heavy (non-hydrogen) atoms. The van der Waals surface area contributed by atoms with Crippen LogP contribution in [0.15, 0.2) is 28.9 Å². The van der Waals surface area contributed by atoms with Crippen molar-refractivity contribution in [3.05, 3.63) is 34.4 Å². The van der Waals surface area contributed by atoms with Crippen LogP contribution in [0.25, 0.3) is 10.9 Å². The molecule has 2 rings (SSSR count). The van der Waals surface area contributed by atoms with Gasteiger partial charge in [-0.1, -0.05) is 15.9 Å². The Morgan fingerprint density at radius 2 is 2.21 bits per heavy atom. The Bertz CT molecular complexity index is 490. The summed E-state index contributed by atoms with van der Waals surface area (Å²) in [5, 5.41) is 3.63. The van der Waals surface area contributed by atoms with Gasteiger partial charge in [0.15, 0.2) is 0 Å². The topological polar surface area (TPSA) is 44.9 Å². The molecular formula is C10H9BrN2O. The summed E-state index contributed by atoms with van der Waals surface area (Å²) in [6.07, 6.45) is 1.82. The molecular weight excluding hydrogens is 244 g/mol. The van der Waals surface area contributed by atoms with Gasteiger partial charge in [-0.2, -0.15) is 0 Å². The van der Waals surface area contributed by atoms with E-state index in [4.69, 9.17) is 0 Å². The van der Waals surface area contributed by atoms with Crippen LogP contribution in [0.2, 0.25) is 0 Å². The lowest BCUT2D eigenvalue weighted by molar-refractivity contribution is 0.0964. The van der Waals surface area contributed by atoms with E-state index in [1.807, 2.05) is 18.3 Å². The summed E-state index contributed by atoms with van der Waals surface area (Å²) in [4.78, 5) is 14.5. The molecule has 1 aromatic carbocycles. The summed E-state index contributed by atoms with van der Waals surface area (Å²) in [5.41, 5.74) is 1.52. The number of benzene rings is 1. The highest BCUT2D eigenvalue weighted by atomic mass is 79.9. The van der Waals surface area contributed by atoms with Crippen molar-refractivity contribution >= 4 is 32.7 Å². The third-order valence-corrected chi connectivity index (χ3v) is 2.83. The smallest absolute Gasteiger partial charge is 0.253 e. The van der Waals surface area contributed by atoms with E-state index in [1.165, 1.54) is 0 Å². The SMILES string of the molecule is CNC(=O)c1ccc(Br)c2cc[nH]c12. The Morgan fingerprint density at radius 1 is 1.43 bits per heavy atom. The second kappa shape index (κ2) is 3.46. The first-order valence-corrected chi connectivity index (χ1v) is 5.01. The van der Waals surface area contributed by atoms with Gasteiger partial charge in [0.1, 0.15) is 0 Å². The molecule has 0 radical (unpaired) electrons. The fourth-order valence-corrected chi connectivity index (χ4v) is 1.91. The minimum atomic E-state index is -0.0787. The van der Waals surface area contributed by atoms with E-state index >= 15 is 0 Å². The highest BCUT2D eigenvalue weighted by molar-refractivity contribution is 9.10. The molecule has 1 amide bonds. The summed E-state index contributed by atoms with van der Waals surface area (Å²) < 4.78 is 0.987. The molecule has 0 aliphatic heterocycles. The molecule has 2 aromatic rings. The maximum absolute atomic E-state index is 11.5. The van der Waals surface area contributed by atoms with Gasteiger partial charge in [-0.05, 0) is 18.2 Å². The molecule has 0 aliphatic rings. The molecule has 0 fully saturated rings. The van der Waals surface area contributed by atoms with Gasteiger partial charge in [0.2, 0.25) is 0 Å². The first kappa shape index (κ1) is 9.27. The van der Waals surface area contributed by atoms with Crippen molar-refractivity contribution in [1.29, 1.82) is 0 Å². The Kier molecular flexibility index (Phi) is 2.29. The lowest BCUT2D eigenvalue weighted by atomic mass is 10.1. The van der Waals surface area contributed by atoms with Crippen LogP contribution >= 0.6 is 15.9 Å². The van der Waals surface area contributed by atoms with E-state index in [0.29, 0.717) is 5.56 Å². The Balaban J connectivity index is 2.72. The van der Waals surface area contributed by atoms with Gasteiger partial charge in [0.05, 0.1) is 11.1 Å². The van der Waals surface area contributed by atoms with Gasteiger partial charge in [-0.3, -0.25) is 4.79 Å². The molecule has 0 atom stereocenters. The van der Waals surface area contributed by atoms with Crippen LogP contribution in [0, 0.1) is 0 Å². The van der Waals surface area contributed by atoms with Crippen molar-refractivity contribution in [3.8, 4) is 0 Å². The molecule has 72 valence electrons. The number of hydrogen-bond acceptors (Lipinski definition) is 1. The first-order valence-electron chi connectivity index (χ1n) is 4.21. The monoisotopic (exact) mass is 252 g/mol. The number of rotatable bonds is 1. The highest BCUT2D eigenvalue weighted by Crippen LogP contribution is 2.25. The molecule has 0 bridgehead atoms. The quantitative estimate of drug-likeness (QED) is 0.804. The summed E-state index contributed by atoms with van der Waals surface area (Å²) in [7, 11) is 1.62. The number of hydrogen-bond donors (Lipinski definition) is 2. The number of aromatic amines is 1. The van der Waals surface area contributed by atoms with E-state index in [0.717, 1.165) is 15.4 Å². The number of halogens is 1. The van der Waals surface area contributed by atoms with Crippen molar-refractivity contribution in [3.63, 3.8) is 0 Å². The zero-order chi connectivity index (χ0) is 10.1. The molecule has 4 heteroatoms. The van der Waals surface area contributed by atoms with Gasteiger partial charge in [-0.15, -0.1) is 0 Å². The fraction of sp³-hybridized carbons (Fsp3) is 0.100. The maximum Gasteiger partial charge on any atom is 0.253 e. The van der Waals surface area contributed by atoms with Gasteiger partial charge in [-0.25, -0.2) is 0 Å². The van der Waals surface area contributed by atoms with Crippen LogP contribution in [0.3, 0.4) is 0 Å². The highest BCUT2D eigenvalue weighted by Gasteiger charge is 2.10. The lowest BCUT2D eigenvalue weighted by Gasteiger charge is -2.02. The number of aromatic nitrogens is 1. The molecule has 0 saturated heterocycles. The van der Waals surface area contributed by atoms with Crippen LogP contribution in [0.4, 0.5) is 0 Å². The van der Waals surface area contributed by atoms with E-state index in [2.05, 4.69) is 26.2 Å². The minimum Gasteiger partial charge on any atom is -0.360 e. The average Bonchev–Trinajstić information content (AvgIpc) is 2.67. The van der Waals surface area contributed by atoms with Crippen molar-refractivity contribution in [1.82, 2.24) is 10.3 Å². The number of amides is 1. The second-order valence-corrected chi connectivity index (χ2v) is 3.79. The van der Waals surface area contributed by atoms with E-state index in [-0.39, 0.29) is 5.91 Å². The predicted octanol–water partition coefficient (Wildman–Crippen LogP) is 2.29. The van der Waals surface area contributed by atoms with Crippen LogP contribution in [0.5, 0.6) is 0 Å². The van der Waals surface area contributed by atoms with Crippen LogP contribution in [-0.4, -0.2) is 17.9 Å². The van der Waals surface area contributed by atoms with Crippen LogP contribution in [0.1, 0.15) is 10.4 Å².